The number of fused-ring (bicyclic) bond motifs is 1. The van der Waals surface area contributed by atoms with Crippen molar-refractivity contribution in [3.63, 3.8) is 0 Å². The zero-order valence-corrected chi connectivity index (χ0v) is 14.4. The Balaban J connectivity index is 2.26. The van der Waals surface area contributed by atoms with E-state index >= 15 is 0 Å². The average Bonchev–Trinajstić information content (AvgIpc) is 2.95. The van der Waals surface area contributed by atoms with Gasteiger partial charge in [0.25, 0.3) is 10.0 Å². The van der Waals surface area contributed by atoms with Gasteiger partial charge in [0, 0.05) is 11.6 Å². The number of nitrogens with zero attached hydrogens (tertiary/aromatic N) is 2. The summed E-state index contributed by atoms with van der Waals surface area (Å²) in [5.41, 5.74) is 0.681. The molecule has 0 amide bonds. The highest BCUT2D eigenvalue weighted by Crippen LogP contribution is 2.30. The van der Waals surface area contributed by atoms with E-state index < -0.39 is 16.1 Å². The predicted molar refractivity (Wildman–Crippen MR) is 93.2 cm³/mol. The van der Waals surface area contributed by atoms with Crippen LogP contribution in [0.15, 0.2) is 59.6 Å². The third-order valence-corrected chi connectivity index (χ3v) is 5.60. The molecule has 1 unspecified atom stereocenters. The molecule has 1 atom stereocenters. The van der Waals surface area contributed by atoms with Crippen molar-refractivity contribution >= 4 is 21.1 Å². The molecule has 0 aliphatic rings. The summed E-state index contributed by atoms with van der Waals surface area (Å²) in [5, 5.41) is 11.3. The van der Waals surface area contributed by atoms with E-state index in [1.54, 1.807) is 54.7 Å². The van der Waals surface area contributed by atoms with Gasteiger partial charge in [-0.25, -0.2) is 17.4 Å². The Labute approximate surface area is 141 Å². The van der Waals surface area contributed by atoms with Gasteiger partial charge in [0.2, 0.25) is 0 Å². The minimum Gasteiger partial charge on any atom is -0.387 e. The van der Waals surface area contributed by atoms with Crippen LogP contribution in [0.4, 0.5) is 0 Å². The molecular formula is C18H20N2O3S. The maximum Gasteiger partial charge on any atom is 0.269 e. The molecule has 5 nitrogen and oxygen atoms in total. The molecule has 2 heterocycles. The van der Waals surface area contributed by atoms with Crippen molar-refractivity contribution in [3.05, 3.63) is 60.4 Å². The van der Waals surface area contributed by atoms with E-state index in [9.17, 15) is 13.5 Å². The van der Waals surface area contributed by atoms with E-state index in [4.69, 9.17) is 0 Å². The molecule has 0 bridgehead atoms. The molecule has 24 heavy (non-hydrogen) atoms. The fourth-order valence-electron chi connectivity index (χ4n) is 2.78. The first-order valence-electron chi connectivity index (χ1n) is 7.86. The van der Waals surface area contributed by atoms with E-state index in [0.29, 0.717) is 23.1 Å². The topological polar surface area (TPSA) is 72.2 Å². The Bertz CT molecular complexity index is 947. The van der Waals surface area contributed by atoms with Crippen LogP contribution < -0.4 is 0 Å². The Morgan fingerprint density at radius 1 is 1.12 bits per heavy atom. The number of aliphatic hydroxyl groups is 1. The standard InChI is InChI=1S/C18H20N2O3S/c1-13(2)11-17(21)16-12-14-7-6-10-19-18(14)20(16)24(22,23)15-8-4-3-5-9-15/h3-10,12-13,17,21H,11H2,1-2H3. The molecule has 0 aliphatic heterocycles. The lowest BCUT2D eigenvalue weighted by Gasteiger charge is -2.17. The minimum atomic E-state index is -3.84. The molecule has 3 rings (SSSR count). The predicted octanol–water partition coefficient (Wildman–Crippen LogP) is 3.35. The summed E-state index contributed by atoms with van der Waals surface area (Å²) in [6, 6.07) is 13.5. The summed E-state index contributed by atoms with van der Waals surface area (Å²) in [6.45, 7) is 3.97. The van der Waals surface area contributed by atoms with E-state index in [0.717, 1.165) is 0 Å². The first-order valence-corrected chi connectivity index (χ1v) is 9.30. The lowest BCUT2D eigenvalue weighted by molar-refractivity contribution is 0.146. The first-order chi connectivity index (χ1) is 11.4. The molecule has 0 saturated heterocycles. The summed E-state index contributed by atoms with van der Waals surface area (Å²) in [7, 11) is -3.84. The van der Waals surface area contributed by atoms with Crippen molar-refractivity contribution in [2.24, 2.45) is 5.92 Å². The molecule has 0 saturated carbocycles. The summed E-state index contributed by atoms with van der Waals surface area (Å²) in [6.07, 6.45) is 1.15. The Kier molecular flexibility index (Phi) is 4.43. The van der Waals surface area contributed by atoms with Crippen LogP contribution in [0.1, 0.15) is 32.1 Å². The van der Waals surface area contributed by atoms with Gasteiger partial charge < -0.3 is 5.11 Å². The molecule has 2 aromatic heterocycles. The van der Waals surface area contributed by atoms with Gasteiger partial charge in [-0.3, -0.25) is 0 Å². The number of rotatable bonds is 5. The van der Waals surface area contributed by atoms with Gasteiger partial charge in [0.1, 0.15) is 0 Å². The van der Waals surface area contributed by atoms with Crippen LogP contribution >= 0.6 is 0 Å². The summed E-state index contributed by atoms with van der Waals surface area (Å²) >= 11 is 0. The maximum absolute atomic E-state index is 13.1. The van der Waals surface area contributed by atoms with E-state index in [-0.39, 0.29) is 10.8 Å². The molecule has 1 aromatic carbocycles. The van der Waals surface area contributed by atoms with Crippen molar-refractivity contribution in [1.29, 1.82) is 0 Å². The largest absolute Gasteiger partial charge is 0.387 e. The number of aliphatic hydroxyl groups excluding tert-OH is 1. The second-order valence-corrected chi connectivity index (χ2v) is 8.00. The van der Waals surface area contributed by atoms with Crippen molar-refractivity contribution in [1.82, 2.24) is 8.96 Å². The average molecular weight is 344 g/mol. The number of aromatic nitrogens is 2. The molecule has 3 aromatic rings. The SMILES string of the molecule is CC(C)CC(O)c1cc2cccnc2n1S(=O)(=O)c1ccccc1. The van der Waals surface area contributed by atoms with Gasteiger partial charge in [-0.2, -0.15) is 0 Å². The van der Waals surface area contributed by atoms with Crippen LogP contribution in [0.5, 0.6) is 0 Å². The fraction of sp³-hybridized carbons (Fsp3) is 0.278. The minimum absolute atomic E-state index is 0.172. The van der Waals surface area contributed by atoms with Crippen molar-refractivity contribution in [2.75, 3.05) is 0 Å². The second kappa shape index (κ2) is 6.37. The quantitative estimate of drug-likeness (QED) is 0.770. The first kappa shape index (κ1) is 16.7. The van der Waals surface area contributed by atoms with Crippen molar-refractivity contribution < 1.29 is 13.5 Å². The number of pyridine rings is 1. The molecule has 126 valence electrons. The molecule has 0 aliphatic carbocycles. The number of hydrogen-bond acceptors (Lipinski definition) is 4. The lowest BCUT2D eigenvalue weighted by Crippen LogP contribution is -2.18. The molecule has 0 fully saturated rings. The molecule has 1 N–H and O–H groups in total. The highest BCUT2D eigenvalue weighted by atomic mass is 32.2. The zero-order chi connectivity index (χ0) is 17.3. The lowest BCUT2D eigenvalue weighted by atomic mass is 10.0. The molecular weight excluding hydrogens is 324 g/mol. The van der Waals surface area contributed by atoms with Crippen LogP contribution in [0, 0.1) is 5.92 Å². The summed E-state index contributed by atoms with van der Waals surface area (Å²) in [4.78, 5) is 4.40. The van der Waals surface area contributed by atoms with Gasteiger partial charge in [0.15, 0.2) is 5.65 Å². The van der Waals surface area contributed by atoms with Crippen LogP contribution in [0.3, 0.4) is 0 Å². The molecule has 6 heteroatoms. The van der Waals surface area contributed by atoms with E-state index in [2.05, 4.69) is 4.98 Å². The third-order valence-electron chi connectivity index (χ3n) is 3.86. The van der Waals surface area contributed by atoms with Gasteiger partial charge in [0.05, 0.1) is 16.7 Å². The van der Waals surface area contributed by atoms with Crippen LogP contribution in [-0.4, -0.2) is 22.5 Å². The number of hydrogen-bond donors (Lipinski definition) is 1. The highest BCUT2D eigenvalue weighted by Gasteiger charge is 2.27. The normalized spacial score (nSPS) is 13.5. The van der Waals surface area contributed by atoms with Gasteiger partial charge in [-0.15, -0.1) is 0 Å². The maximum atomic E-state index is 13.1. The summed E-state index contributed by atoms with van der Waals surface area (Å²) < 4.78 is 27.4. The molecule has 0 spiro atoms. The van der Waals surface area contributed by atoms with Crippen molar-refractivity contribution in [2.45, 2.75) is 31.3 Å². The van der Waals surface area contributed by atoms with Crippen LogP contribution in [-0.2, 0) is 10.0 Å². The monoisotopic (exact) mass is 344 g/mol. The Morgan fingerprint density at radius 3 is 2.50 bits per heavy atom. The Morgan fingerprint density at radius 2 is 1.83 bits per heavy atom. The third kappa shape index (κ3) is 2.95. The smallest absolute Gasteiger partial charge is 0.269 e. The Hall–Kier alpha value is -2.18. The van der Waals surface area contributed by atoms with Crippen LogP contribution in [0.25, 0.3) is 11.0 Å². The fourth-order valence-corrected chi connectivity index (χ4v) is 4.33. The second-order valence-electron chi connectivity index (χ2n) is 6.21. The van der Waals surface area contributed by atoms with Gasteiger partial charge in [-0.1, -0.05) is 32.0 Å². The van der Waals surface area contributed by atoms with Crippen molar-refractivity contribution in [3.8, 4) is 0 Å². The van der Waals surface area contributed by atoms with E-state index in [1.165, 1.54) is 3.97 Å². The zero-order valence-electron chi connectivity index (χ0n) is 13.6. The van der Waals surface area contributed by atoms with Gasteiger partial charge in [-0.05, 0) is 42.7 Å². The molecule has 0 radical (unpaired) electrons. The summed E-state index contributed by atoms with van der Waals surface area (Å²) in [5.74, 6) is 0.235. The highest BCUT2D eigenvalue weighted by molar-refractivity contribution is 7.90. The van der Waals surface area contributed by atoms with E-state index in [1.807, 2.05) is 13.8 Å². The van der Waals surface area contributed by atoms with Gasteiger partial charge >= 0.3 is 0 Å². The number of benzene rings is 1. The van der Waals surface area contributed by atoms with Crippen LogP contribution in [0.2, 0.25) is 0 Å².